The number of ether oxygens (including phenoxy) is 1. The van der Waals surface area contributed by atoms with E-state index in [1.807, 2.05) is 0 Å². The summed E-state index contributed by atoms with van der Waals surface area (Å²) in [5.74, 6) is 0. The fourth-order valence-electron chi connectivity index (χ4n) is 2.40. The van der Waals surface area contributed by atoms with Crippen molar-refractivity contribution < 1.29 is 19.1 Å². The van der Waals surface area contributed by atoms with Gasteiger partial charge in [0.25, 0.3) is 0 Å². The van der Waals surface area contributed by atoms with Crippen LogP contribution in [0.1, 0.15) is 32.9 Å². The summed E-state index contributed by atoms with van der Waals surface area (Å²) >= 11 is 0. The third-order valence-electron chi connectivity index (χ3n) is 4.72. The summed E-state index contributed by atoms with van der Waals surface area (Å²) < 4.78 is 12.3. The summed E-state index contributed by atoms with van der Waals surface area (Å²) in [6.45, 7) is 12.0. The molecule has 1 amide bonds. The molecule has 23 heavy (non-hydrogen) atoms. The summed E-state index contributed by atoms with van der Waals surface area (Å²) in [5.41, 5.74) is 0.623. The van der Waals surface area contributed by atoms with Gasteiger partial charge in [0, 0.05) is 24.9 Å². The van der Waals surface area contributed by atoms with E-state index >= 15 is 0 Å². The molecule has 0 spiro atoms. The van der Waals surface area contributed by atoms with Crippen molar-refractivity contribution in [3.8, 4) is 0 Å². The molecule has 128 valence electrons. The zero-order valence-electron chi connectivity index (χ0n) is 14.5. The van der Waals surface area contributed by atoms with Crippen LogP contribution in [0, 0.1) is 0 Å². The van der Waals surface area contributed by atoms with Crippen molar-refractivity contribution in [3.63, 3.8) is 0 Å². The molecule has 2 rings (SSSR count). The van der Waals surface area contributed by atoms with Gasteiger partial charge in [-0.1, -0.05) is 20.8 Å². The molecule has 0 saturated carbocycles. The zero-order chi connectivity index (χ0) is 17.3. The number of rotatable bonds is 4. The van der Waals surface area contributed by atoms with Crippen LogP contribution in [-0.2, 0) is 14.8 Å². The molecule has 2 N–H and O–H groups in total. The lowest BCUT2D eigenvalue weighted by molar-refractivity contribution is 0.0308. The second-order valence-corrected chi connectivity index (χ2v) is 12.2. The summed E-state index contributed by atoms with van der Waals surface area (Å²) in [5, 5.41) is 11.3. The normalized spacial score (nSPS) is 22.1. The highest BCUT2D eigenvalue weighted by molar-refractivity contribution is 6.74. The summed E-state index contributed by atoms with van der Waals surface area (Å²) in [7, 11) is -2.03. The number of carboxylic acid groups (broad SMARTS) is 1. The van der Waals surface area contributed by atoms with Gasteiger partial charge >= 0.3 is 6.09 Å². The van der Waals surface area contributed by atoms with Crippen LogP contribution in [-0.4, -0.2) is 37.7 Å². The van der Waals surface area contributed by atoms with E-state index in [0.717, 1.165) is 12.1 Å². The van der Waals surface area contributed by atoms with Crippen LogP contribution in [0.25, 0.3) is 0 Å². The molecule has 6 nitrogen and oxygen atoms in total. The number of hydrogen-bond donors (Lipinski definition) is 2. The van der Waals surface area contributed by atoms with Crippen LogP contribution in [0.2, 0.25) is 18.1 Å². The van der Waals surface area contributed by atoms with Gasteiger partial charge in [0.2, 0.25) is 0 Å². The van der Waals surface area contributed by atoms with Crippen LogP contribution in [0.15, 0.2) is 18.3 Å². The Bertz CT molecular complexity index is 578. The molecule has 7 heteroatoms. The second kappa shape index (κ2) is 6.22. The average molecular weight is 338 g/mol. The fraction of sp³-hybridized carbons (Fsp3) is 0.625. The molecular weight excluding hydrogens is 312 g/mol. The van der Waals surface area contributed by atoms with E-state index in [1.165, 1.54) is 0 Å². The number of pyridine rings is 1. The van der Waals surface area contributed by atoms with Crippen LogP contribution in [0.4, 0.5) is 10.5 Å². The Morgan fingerprint density at radius 3 is 2.70 bits per heavy atom. The van der Waals surface area contributed by atoms with Crippen LogP contribution in [0.5, 0.6) is 0 Å². The Morgan fingerprint density at radius 1 is 1.48 bits per heavy atom. The van der Waals surface area contributed by atoms with Crippen molar-refractivity contribution >= 4 is 20.1 Å². The van der Waals surface area contributed by atoms with Gasteiger partial charge in [0.15, 0.2) is 8.32 Å². The molecule has 0 aliphatic carbocycles. The maximum Gasteiger partial charge on any atom is 0.409 e. The van der Waals surface area contributed by atoms with E-state index in [9.17, 15) is 4.79 Å². The summed E-state index contributed by atoms with van der Waals surface area (Å²) in [6.07, 6.45) is 1.24. The first-order valence-corrected chi connectivity index (χ1v) is 10.7. The van der Waals surface area contributed by atoms with Crippen LogP contribution < -0.4 is 5.32 Å². The van der Waals surface area contributed by atoms with E-state index in [-0.39, 0.29) is 5.04 Å². The number of hydrogen-bond acceptors (Lipinski definition) is 4. The summed E-state index contributed by atoms with van der Waals surface area (Å²) in [6, 6.07) is 3.38. The molecule has 1 fully saturated rings. The molecular formula is C16H26N2O4Si. The Labute approximate surface area is 138 Å². The molecule has 0 radical (unpaired) electrons. The molecule has 0 aromatic carbocycles. The average Bonchev–Trinajstić information content (AvgIpc) is 2.86. The SMILES string of the molecule is CC(C)(C)[Si](C)(C)O[C@@]1(c2cc(NC(=O)O)ccn2)CCOC1. The first-order valence-electron chi connectivity index (χ1n) is 7.80. The monoisotopic (exact) mass is 338 g/mol. The number of aromatic nitrogens is 1. The largest absolute Gasteiger partial charge is 0.465 e. The van der Waals surface area contributed by atoms with Gasteiger partial charge in [-0.15, -0.1) is 0 Å². The smallest absolute Gasteiger partial charge is 0.409 e. The molecule has 0 bridgehead atoms. The topological polar surface area (TPSA) is 80.7 Å². The number of amides is 1. The number of nitrogens with zero attached hydrogens (tertiary/aromatic N) is 1. The van der Waals surface area contributed by atoms with Gasteiger partial charge in [0.05, 0.1) is 12.3 Å². The predicted octanol–water partition coefficient (Wildman–Crippen LogP) is 3.81. The van der Waals surface area contributed by atoms with Crippen LogP contribution >= 0.6 is 0 Å². The fourth-order valence-corrected chi connectivity index (χ4v) is 3.95. The number of carbonyl (C=O) groups is 1. The highest BCUT2D eigenvalue weighted by Crippen LogP contribution is 2.44. The lowest BCUT2D eigenvalue weighted by Crippen LogP contribution is -2.49. The highest BCUT2D eigenvalue weighted by Gasteiger charge is 2.48. The Balaban J connectivity index is 2.36. The third-order valence-corrected chi connectivity index (χ3v) is 9.23. The molecule has 1 aliphatic heterocycles. The maximum absolute atomic E-state index is 10.9. The van der Waals surface area contributed by atoms with Gasteiger partial charge < -0.3 is 14.3 Å². The Hall–Kier alpha value is -1.44. The van der Waals surface area contributed by atoms with Crippen molar-refractivity contribution in [2.24, 2.45) is 0 Å². The van der Waals surface area contributed by atoms with E-state index in [2.05, 4.69) is 44.2 Å². The molecule has 1 aromatic rings. The van der Waals surface area contributed by atoms with Crippen molar-refractivity contribution in [1.29, 1.82) is 0 Å². The Morgan fingerprint density at radius 2 is 2.17 bits per heavy atom. The van der Waals surface area contributed by atoms with Crippen molar-refractivity contribution in [3.05, 3.63) is 24.0 Å². The first-order chi connectivity index (χ1) is 10.6. The van der Waals surface area contributed by atoms with Crippen molar-refractivity contribution in [2.45, 2.75) is 50.9 Å². The molecule has 1 aliphatic rings. The van der Waals surface area contributed by atoms with Gasteiger partial charge in [0.1, 0.15) is 5.60 Å². The minimum absolute atomic E-state index is 0.0690. The third kappa shape index (κ3) is 3.91. The highest BCUT2D eigenvalue weighted by atomic mass is 28.4. The van der Waals surface area contributed by atoms with Gasteiger partial charge in [-0.3, -0.25) is 10.3 Å². The maximum atomic E-state index is 10.9. The predicted molar refractivity (Wildman–Crippen MR) is 91.3 cm³/mol. The van der Waals surface area contributed by atoms with Crippen molar-refractivity contribution in [1.82, 2.24) is 4.98 Å². The molecule has 0 unspecified atom stereocenters. The molecule has 2 heterocycles. The second-order valence-electron chi connectivity index (χ2n) is 7.52. The lowest BCUT2D eigenvalue weighted by Gasteiger charge is -2.43. The van der Waals surface area contributed by atoms with E-state index in [0.29, 0.717) is 18.9 Å². The quantitative estimate of drug-likeness (QED) is 0.816. The molecule has 1 saturated heterocycles. The lowest BCUT2D eigenvalue weighted by atomic mass is 9.98. The minimum Gasteiger partial charge on any atom is -0.465 e. The van der Waals surface area contributed by atoms with Gasteiger partial charge in [-0.2, -0.15) is 0 Å². The molecule has 1 atom stereocenters. The minimum atomic E-state index is -2.03. The van der Waals surface area contributed by atoms with E-state index in [4.69, 9.17) is 14.3 Å². The Kier molecular flexibility index (Phi) is 4.84. The van der Waals surface area contributed by atoms with Gasteiger partial charge in [-0.25, -0.2) is 4.79 Å². The van der Waals surface area contributed by atoms with Crippen molar-refractivity contribution in [2.75, 3.05) is 18.5 Å². The number of nitrogens with one attached hydrogen (secondary N) is 1. The standard InChI is InChI=1S/C16H26N2O4Si/c1-15(2,3)23(4,5)22-16(7-9-21-11-16)13-10-12(6-8-17-13)18-14(19)20/h6,8,10H,7,9,11H2,1-5H3,(H,17,18)(H,19,20)/t16-/m0/s1. The molecule has 1 aromatic heterocycles. The first kappa shape index (κ1) is 17.9. The van der Waals surface area contributed by atoms with E-state index in [1.54, 1.807) is 18.3 Å². The zero-order valence-corrected chi connectivity index (χ0v) is 15.5. The van der Waals surface area contributed by atoms with Gasteiger partial charge in [-0.05, 0) is 30.3 Å². The van der Waals surface area contributed by atoms with E-state index < -0.39 is 20.0 Å². The van der Waals surface area contributed by atoms with Crippen LogP contribution in [0.3, 0.4) is 0 Å². The summed E-state index contributed by atoms with van der Waals surface area (Å²) in [4.78, 5) is 15.3. The number of anilines is 1.